The maximum Gasteiger partial charge on any atom is 0.262 e. The fourth-order valence-electron chi connectivity index (χ4n) is 2.81. The van der Waals surface area contributed by atoms with Gasteiger partial charge in [0.1, 0.15) is 12.4 Å². The monoisotopic (exact) mass is 353 g/mol. The van der Waals surface area contributed by atoms with Gasteiger partial charge in [0.2, 0.25) is 0 Å². The van der Waals surface area contributed by atoms with Crippen molar-refractivity contribution in [2.45, 2.75) is 19.4 Å². The summed E-state index contributed by atoms with van der Waals surface area (Å²) in [4.78, 5) is 42.2. The van der Waals surface area contributed by atoms with Crippen LogP contribution in [0.5, 0.6) is 0 Å². The zero-order valence-corrected chi connectivity index (χ0v) is 14.6. The van der Waals surface area contributed by atoms with Gasteiger partial charge in [-0.15, -0.1) is 0 Å². The molecule has 7 nitrogen and oxygen atoms in total. The molecule has 134 valence electrons. The molecule has 1 N–H and O–H groups in total. The van der Waals surface area contributed by atoms with Crippen LogP contribution in [0.1, 0.15) is 34.6 Å². The molecule has 1 aliphatic heterocycles. The van der Waals surface area contributed by atoms with E-state index in [-0.39, 0.29) is 30.9 Å². The first-order valence-corrected chi connectivity index (χ1v) is 8.17. The van der Waals surface area contributed by atoms with E-state index < -0.39 is 5.54 Å². The van der Waals surface area contributed by atoms with E-state index in [0.717, 1.165) is 0 Å². The number of rotatable bonds is 6. The maximum absolute atomic E-state index is 12.6. The lowest BCUT2D eigenvalue weighted by Gasteiger charge is -2.33. The van der Waals surface area contributed by atoms with Gasteiger partial charge in [0.25, 0.3) is 17.7 Å². The SMILES string of the molecule is CC(C)(COCC(=O)Nc1ccccn1)N1C(=O)c2ccccc2C1=O. The summed E-state index contributed by atoms with van der Waals surface area (Å²) in [5.74, 6) is -0.628. The number of ether oxygens (including phenoxy) is 1. The molecule has 2 aromatic rings. The van der Waals surface area contributed by atoms with Crippen molar-refractivity contribution in [3.05, 3.63) is 59.8 Å². The molecule has 0 spiro atoms. The zero-order valence-electron chi connectivity index (χ0n) is 14.6. The van der Waals surface area contributed by atoms with Crippen LogP contribution in [0.3, 0.4) is 0 Å². The summed E-state index contributed by atoms with van der Waals surface area (Å²) >= 11 is 0. The van der Waals surface area contributed by atoms with Crippen LogP contribution in [0.4, 0.5) is 5.82 Å². The molecule has 0 saturated heterocycles. The number of carbonyl (C=O) groups is 3. The topological polar surface area (TPSA) is 88.6 Å². The van der Waals surface area contributed by atoms with Gasteiger partial charge in [0.05, 0.1) is 23.3 Å². The van der Waals surface area contributed by atoms with Crippen molar-refractivity contribution in [1.82, 2.24) is 9.88 Å². The predicted octanol–water partition coefficient (Wildman–Crippen LogP) is 2.11. The Bertz CT molecular complexity index is 814. The summed E-state index contributed by atoms with van der Waals surface area (Å²) in [5, 5.41) is 2.61. The fraction of sp³-hybridized carbons (Fsp3) is 0.263. The van der Waals surface area contributed by atoms with E-state index in [0.29, 0.717) is 16.9 Å². The van der Waals surface area contributed by atoms with E-state index >= 15 is 0 Å². The van der Waals surface area contributed by atoms with E-state index in [9.17, 15) is 14.4 Å². The van der Waals surface area contributed by atoms with Crippen LogP contribution < -0.4 is 5.32 Å². The summed E-state index contributed by atoms with van der Waals surface area (Å²) in [6.07, 6.45) is 1.57. The Hall–Kier alpha value is -3.06. The van der Waals surface area contributed by atoms with Crippen LogP contribution in [0.2, 0.25) is 0 Å². The van der Waals surface area contributed by atoms with Gasteiger partial charge in [-0.1, -0.05) is 18.2 Å². The number of pyridine rings is 1. The highest BCUT2D eigenvalue weighted by atomic mass is 16.5. The minimum Gasteiger partial charge on any atom is -0.369 e. The number of nitrogens with one attached hydrogen (secondary N) is 1. The molecule has 0 atom stereocenters. The Balaban J connectivity index is 1.59. The van der Waals surface area contributed by atoms with Crippen molar-refractivity contribution >= 4 is 23.5 Å². The molecule has 0 unspecified atom stereocenters. The van der Waals surface area contributed by atoms with Crippen molar-refractivity contribution in [1.29, 1.82) is 0 Å². The third-order valence-corrected chi connectivity index (χ3v) is 4.02. The molecule has 0 saturated carbocycles. The predicted molar refractivity (Wildman–Crippen MR) is 94.7 cm³/mol. The first-order valence-electron chi connectivity index (χ1n) is 8.17. The highest BCUT2D eigenvalue weighted by molar-refractivity contribution is 6.21. The molecule has 0 bridgehead atoms. The van der Waals surface area contributed by atoms with Crippen molar-refractivity contribution in [2.75, 3.05) is 18.5 Å². The van der Waals surface area contributed by atoms with Crippen LogP contribution in [0.15, 0.2) is 48.7 Å². The maximum atomic E-state index is 12.6. The number of fused-ring (bicyclic) bond motifs is 1. The van der Waals surface area contributed by atoms with E-state index in [4.69, 9.17) is 4.74 Å². The Labute approximate surface area is 151 Å². The Morgan fingerprint density at radius 1 is 1.08 bits per heavy atom. The van der Waals surface area contributed by atoms with Crippen LogP contribution in [0, 0.1) is 0 Å². The van der Waals surface area contributed by atoms with Crippen LogP contribution >= 0.6 is 0 Å². The second-order valence-corrected chi connectivity index (χ2v) is 6.56. The molecule has 26 heavy (non-hydrogen) atoms. The normalized spacial score (nSPS) is 13.7. The van der Waals surface area contributed by atoms with E-state index in [1.54, 1.807) is 62.5 Å². The van der Waals surface area contributed by atoms with Crippen molar-refractivity contribution in [2.24, 2.45) is 0 Å². The van der Waals surface area contributed by atoms with Crippen molar-refractivity contribution in [3.8, 4) is 0 Å². The minimum atomic E-state index is -0.890. The number of imide groups is 1. The molecule has 3 rings (SSSR count). The van der Waals surface area contributed by atoms with Crippen LogP contribution in [-0.2, 0) is 9.53 Å². The first kappa shape index (κ1) is 17.8. The minimum absolute atomic E-state index is 0.0358. The van der Waals surface area contributed by atoms with Gasteiger partial charge < -0.3 is 10.1 Å². The van der Waals surface area contributed by atoms with E-state index in [2.05, 4.69) is 10.3 Å². The largest absolute Gasteiger partial charge is 0.369 e. The fourth-order valence-corrected chi connectivity index (χ4v) is 2.81. The third-order valence-electron chi connectivity index (χ3n) is 4.02. The summed E-state index contributed by atoms with van der Waals surface area (Å²) in [6.45, 7) is 3.29. The quantitative estimate of drug-likeness (QED) is 0.804. The second kappa shape index (κ2) is 7.05. The molecule has 1 aliphatic rings. The van der Waals surface area contributed by atoms with Gasteiger partial charge in [-0.2, -0.15) is 0 Å². The second-order valence-electron chi connectivity index (χ2n) is 6.56. The summed E-state index contributed by atoms with van der Waals surface area (Å²) in [6, 6.07) is 11.9. The number of anilines is 1. The zero-order chi connectivity index (χ0) is 18.7. The van der Waals surface area contributed by atoms with Crippen molar-refractivity contribution < 1.29 is 19.1 Å². The first-order chi connectivity index (χ1) is 12.4. The third kappa shape index (κ3) is 3.48. The highest BCUT2D eigenvalue weighted by Crippen LogP contribution is 2.29. The summed E-state index contributed by atoms with van der Waals surface area (Å²) in [7, 11) is 0. The molecule has 1 aromatic carbocycles. The van der Waals surface area contributed by atoms with E-state index in [1.807, 2.05) is 0 Å². The summed E-state index contributed by atoms with van der Waals surface area (Å²) in [5.41, 5.74) is -0.115. The van der Waals surface area contributed by atoms with Gasteiger partial charge in [-0.3, -0.25) is 19.3 Å². The average Bonchev–Trinajstić information content (AvgIpc) is 2.87. The molecule has 1 aromatic heterocycles. The Kier molecular flexibility index (Phi) is 4.81. The number of hydrogen-bond acceptors (Lipinski definition) is 5. The highest BCUT2D eigenvalue weighted by Gasteiger charge is 2.44. The smallest absolute Gasteiger partial charge is 0.262 e. The summed E-state index contributed by atoms with van der Waals surface area (Å²) < 4.78 is 5.45. The van der Waals surface area contributed by atoms with Gasteiger partial charge >= 0.3 is 0 Å². The van der Waals surface area contributed by atoms with Crippen LogP contribution in [-0.4, -0.2) is 46.4 Å². The van der Waals surface area contributed by atoms with Crippen molar-refractivity contribution in [3.63, 3.8) is 0 Å². The number of amides is 3. The number of hydrogen-bond donors (Lipinski definition) is 1. The number of nitrogens with zero attached hydrogens (tertiary/aromatic N) is 2. The van der Waals surface area contributed by atoms with Gasteiger partial charge in [0, 0.05) is 6.20 Å². The molecule has 7 heteroatoms. The Morgan fingerprint density at radius 3 is 2.27 bits per heavy atom. The number of aromatic nitrogens is 1. The average molecular weight is 353 g/mol. The lowest BCUT2D eigenvalue weighted by Crippen LogP contribution is -2.50. The lowest BCUT2D eigenvalue weighted by molar-refractivity contribution is -0.121. The molecule has 2 heterocycles. The van der Waals surface area contributed by atoms with Crippen LogP contribution in [0.25, 0.3) is 0 Å². The molecule has 0 fully saturated rings. The molecule has 0 aliphatic carbocycles. The van der Waals surface area contributed by atoms with E-state index in [1.165, 1.54) is 4.90 Å². The number of carbonyl (C=O) groups excluding carboxylic acids is 3. The van der Waals surface area contributed by atoms with Gasteiger partial charge in [0.15, 0.2) is 0 Å². The Morgan fingerprint density at radius 2 is 1.69 bits per heavy atom. The molecule has 3 amide bonds. The number of benzene rings is 1. The molecular weight excluding hydrogens is 334 g/mol. The van der Waals surface area contributed by atoms with Gasteiger partial charge in [-0.05, 0) is 38.1 Å². The lowest BCUT2D eigenvalue weighted by atomic mass is 10.0. The standard InChI is InChI=1S/C19H19N3O4/c1-19(2,12-26-11-16(23)21-15-9-5-6-10-20-15)22-17(24)13-7-3-4-8-14(13)18(22)25/h3-10H,11-12H2,1-2H3,(H,20,21,23). The molecular formula is C19H19N3O4. The molecule has 0 radical (unpaired) electrons. The van der Waals surface area contributed by atoms with Gasteiger partial charge in [-0.25, -0.2) is 4.98 Å².